The van der Waals surface area contributed by atoms with Crippen molar-refractivity contribution in [3.63, 3.8) is 0 Å². The van der Waals surface area contributed by atoms with Gasteiger partial charge in [-0.1, -0.05) is 6.92 Å². The molecule has 1 aliphatic rings. The zero-order chi connectivity index (χ0) is 13.5. The van der Waals surface area contributed by atoms with Gasteiger partial charge in [0.25, 0.3) is 5.08 Å². The Balaban J connectivity index is 0. The molecule has 2 atom stereocenters. The molecule has 1 aliphatic heterocycles. The van der Waals surface area contributed by atoms with Gasteiger partial charge in [0.1, 0.15) is 0 Å². The Kier molecular flexibility index (Phi) is 10.6. The van der Waals surface area contributed by atoms with Crippen molar-refractivity contribution >= 4 is 86.1 Å². The summed E-state index contributed by atoms with van der Waals surface area (Å²) in [5.74, 6) is -0.193. The molecule has 0 aromatic carbocycles. The van der Waals surface area contributed by atoms with Crippen LogP contribution in [-0.2, 0) is 9.13 Å². The Bertz CT molecular complexity index is 356. The monoisotopic (exact) mass is 354 g/mol. The molecule has 0 bridgehead atoms. The Hall–Kier alpha value is 2.61. The van der Waals surface area contributed by atoms with E-state index in [4.69, 9.17) is 19.6 Å². The van der Waals surface area contributed by atoms with Gasteiger partial charge in [0, 0.05) is 5.92 Å². The summed E-state index contributed by atoms with van der Waals surface area (Å²) < 4.78 is 22.5. The van der Waals surface area contributed by atoms with Crippen molar-refractivity contribution < 1.29 is 33.8 Å². The second-order valence-corrected chi connectivity index (χ2v) is 9.23. The van der Waals surface area contributed by atoms with Crippen LogP contribution < -0.4 is 0 Å². The average Bonchev–Trinajstić information content (AvgIpc) is 2.64. The van der Waals surface area contributed by atoms with E-state index in [-0.39, 0.29) is 65.0 Å². The number of thioether (sulfide) groups is 1. The first kappa shape index (κ1) is 23.9. The molecule has 0 radical (unpaired) electrons. The number of hydrogen-bond acceptors (Lipinski definition) is 4. The van der Waals surface area contributed by atoms with E-state index >= 15 is 0 Å². The Morgan fingerprint density at radius 2 is 1.58 bits per heavy atom. The van der Waals surface area contributed by atoms with Crippen molar-refractivity contribution in [2.24, 2.45) is 11.8 Å². The normalized spacial score (nSPS) is 22.3. The van der Waals surface area contributed by atoms with Crippen LogP contribution in [0, 0.1) is 11.8 Å². The molecule has 19 heavy (non-hydrogen) atoms. The first-order valence-corrected chi connectivity index (χ1v) is 9.31. The minimum atomic E-state index is -5.33. The van der Waals surface area contributed by atoms with Crippen LogP contribution in [0.3, 0.4) is 0 Å². The molecule has 0 aliphatic carbocycles. The predicted octanol–water partition coefficient (Wildman–Crippen LogP) is -0.920. The second-order valence-electron chi connectivity index (χ2n) is 4.19. The van der Waals surface area contributed by atoms with Crippen molar-refractivity contribution in [1.82, 2.24) is 0 Å². The maximum atomic E-state index is 11.2. The fourth-order valence-electron chi connectivity index (χ4n) is 1.96. The van der Waals surface area contributed by atoms with E-state index in [2.05, 4.69) is 0 Å². The molecule has 7 nitrogen and oxygen atoms in total. The molecule has 0 aromatic heterocycles. The zero-order valence-electron chi connectivity index (χ0n) is 9.13. The van der Waals surface area contributed by atoms with Crippen LogP contribution in [0.15, 0.2) is 0 Å². The van der Waals surface area contributed by atoms with Crippen LogP contribution in [-0.4, -0.2) is 100 Å². The molecular weight excluding hydrogens is 336 g/mol. The Labute approximate surface area is 160 Å². The van der Waals surface area contributed by atoms with Crippen molar-refractivity contribution in [3.05, 3.63) is 0 Å². The summed E-state index contributed by atoms with van der Waals surface area (Å²) in [6, 6.07) is 0. The molecule has 0 saturated carbocycles. The van der Waals surface area contributed by atoms with Gasteiger partial charge < -0.3 is 24.7 Å². The zero-order valence-corrected chi connectivity index (χ0v) is 11.7. The summed E-state index contributed by atoms with van der Waals surface area (Å²) in [5.41, 5.74) is 0. The van der Waals surface area contributed by atoms with Crippen LogP contribution in [0.4, 0.5) is 0 Å². The molecule has 1 rings (SSSR count). The maximum absolute atomic E-state index is 11.2. The number of aliphatic hydroxyl groups is 1. The van der Waals surface area contributed by atoms with Crippen LogP contribution >= 0.6 is 27.0 Å². The van der Waals surface area contributed by atoms with Crippen molar-refractivity contribution in [3.8, 4) is 0 Å². The third-order valence-corrected chi connectivity index (χ3v) is 8.42. The summed E-state index contributed by atoms with van der Waals surface area (Å²) in [6.07, 6.45) is 0.578. The first-order valence-electron chi connectivity index (χ1n) is 4.93. The van der Waals surface area contributed by atoms with E-state index in [0.29, 0.717) is 12.2 Å². The molecule has 1 fully saturated rings. The molecule has 5 N–H and O–H groups in total. The fraction of sp³-hybridized carbons (Fsp3) is 1.00. The van der Waals surface area contributed by atoms with E-state index in [9.17, 15) is 14.2 Å². The van der Waals surface area contributed by atoms with E-state index in [1.54, 1.807) is 0 Å². The van der Waals surface area contributed by atoms with E-state index < -0.39 is 26.2 Å². The standard InChI is InChI=1S/C7H16O7P2S.2Na.2H/c1-5(6-2-3-17-4-6)7(8,15(9,10)11)16(12,13)14;;;;/h5-6,8H,2-4H2,1H3,(H2,9,10,11)(H2,12,13,14);;;;. The van der Waals surface area contributed by atoms with Crippen molar-refractivity contribution in [1.29, 1.82) is 0 Å². The van der Waals surface area contributed by atoms with Gasteiger partial charge in [-0.05, 0) is 23.8 Å². The van der Waals surface area contributed by atoms with E-state index in [1.165, 1.54) is 18.7 Å². The molecule has 12 heteroatoms. The van der Waals surface area contributed by atoms with Gasteiger partial charge >= 0.3 is 74.3 Å². The van der Waals surface area contributed by atoms with Crippen LogP contribution in [0.5, 0.6) is 0 Å². The molecule has 2 unspecified atom stereocenters. The quantitative estimate of drug-likeness (QED) is 0.323. The van der Waals surface area contributed by atoms with Gasteiger partial charge in [-0.3, -0.25) is 9.13 Å². The van der Waals surface area contributed by atoms with Crippen LogP contribution in [0.25, 0.3) is 0 Å². The predicted molar refractivity (Wildman–Crippen MR) is 77.9 cm³/mol. The number of rotatable bonds is 4. The van der Waals surface area contributed by atoms with Gasteiger partial charge in [-0.2, -0.15) is 11.8 Å². The van der Waals surface area contributed by atoms with Crippen LogP contribution in [0.2, 0.25) is 0 Å². The fourth-order valence-corrected chi connectivity index (χ4v) is 6.20. The van der Waals surface area contributed by atoms with E-state index in [1.807, 2.05) is 0 Å². The third kappa shape index (κ3) is 5.05. The molecular formula is C7H18Na2O7P2S. The Morgan fingerprint density at radius 1 is 1.16 bits per heavy atom. The molecule has 0 aromatic rings. The van der Waals surface area contributed by atoms with Crippen molar-refractivity contribution in [2.45, 2.75) is 18.4 Å². The minimum absolute atomic E-state index is 0. The van der Waals surface area contributed by atoms with Gasteiger partial charge in [0.2, 0.25) is 0 Å². The molecule has 106 valence electrons. The molecule has 0 spiro atoms. The second kappa shape index (κ2) is 8.46. The van der Waals surface area contributed by atoms with Crippen LogP contribution in [0.1, 0.15) is 13.3 Å². The summed E-state index contributed by atoms with van der Waals surface area (Å²) in [6.45, 7) is 1.27. The van der Waals surface area contributed by atoms with Gasteiger partial charge in [-0.15, -0.1) is 0 Å². The average molecular weight is 354 g/mol. The summed E-state index contributed by atoms with van der Waals surface area (Å²) in [5, 5.41) is 6.60. The summed E-state index contributed by atoms with van der Waals surface area (Å²) in [7, 11) is -10.7. The number of hydrogen-bond donors (Lipinski definition) is 5. The summed E-state index contributed by atoms with van der Waals surface area (Å²) >= 11 is 1.53. The SMILES string of the molecule is CC(C1CCSC1)C(O)(P(=O)(O)O)P(=O)(O)O.[NaH].[NaH]. The van der Waals surface area contributed by atoms with Gasteiger partial charge in [-0.25, -0.2) is 0 Å². The summed E-state index contributed by atoms with van der Waals surface area (Å²) in [4.78, 5) is 36.3. The molecule has 0 amide bonds. The molecule has 1 heterocycles. The van der Waals surface area contributed by atoms with E-state index in [0.717, 1.165) is 5.75 Å². The van der Waals surface area contributed by atoms with Gasteiger partial charge in [0.05, 0.1) is 0 Å². The van der Waals surface area contributed by atoms with Gasteiger partial charge in [0.15, 0.2) is 0 Å². The first-order chi connectivity index (χ1) is 7.52. The Morgan fingerprint density at radius 3 is 1.84 bits per heavy atom. The third-order valence-electron chi connectivity index (χ3n) is 3.14. The topological polar surface area (TPSA) is 135 Å². The molecule has 1 saturated heterocycles. The van der Waals surface area contributed by atoms with Crippen molar-refractivity contribution in [2.75, 3.05) is 11.5 Å².